The summed E-state index contributed by atoms with van der Waals surface area (Å²) < 4.78 is 9.48. The summed E-state index contributed by atoms with van der Waals surface area (Å²) in [5.41, 5.74) is 2.46. The number of fused-ring (bicyclic) bond motifs is 1. The van der Waals surface area contributed by atoms with Gasteiger partial charge in [-0.3, -0.25) is 0 Å². The summed E-state index contributed by atoms with van der Waals surface area (Å²) in [6.45, 7) is 2.07. The molecule has 0 aromatic heterocycles. The summed E-state index contributed by atoms with van der Waals surface area (Å²) in [5.74, 6) is 0. The zero-order chi connectivity index (χ0) is 7.84. The Morgan fingerprint density at radius 1 is 1.36 bits per heavy atom. The van der Waals surface area contributed by atoms with E-state index < -0.39 is 11.2 Å². The van der Waals surface area contributed by atoms with Gasteiger partial charge in [0.05, 0.1) is 0 Å². The molecule has 1 unspecified atom stereocenters. The monoisotopic (exact) mass is 166 g/mol. The fraction of sp³-hybridized carbons (Fsp3) is 0.111. The van der Waals surface area contributed by atoms with Crippen LogP contribution < -0.4 is 0 Å². The van der Waals surface area contributed by atoms with Gasteiger partial charge in [-0.05, 0) is 35.6 Å². The molecule has 1 atom stereocenters. The van der Waals surface area contributed by atoms with Gasteiger partial charge >= 0.3 is 0 Å². The molecule has 1 aromatic carbocycles. The molecule has 0 radical (unpaired) electrons. The zero-order valence-electron chi connectivity index (χ0n) is 6.28. The van der Waals surface area contributed by atoms with E-state index in [1.807, 2.05) is 23.6 Å². The number of rotatable bonds is 0. The third kappa shape index (κ3) is 0.988. The zero-order valence-corrected chi connectivity index (χ0v) is 7.18. The van der Waals surface area contributed by atoms with Crippen molar-refractivity contribution in [2.45, 2.75) is 11.8 Å². The van der Waals surface area contributed by atoms with E-state index in [1.165, 1.54) is 11.1 Å². The highest BCUT2D eigenvalue weighted by Crippen LogP contribution is 2.43. The Morgan fingerprint density at radius 2 is 2.18 bits per heavy atom. The van der Waals surface area contributed by atoms with E-state index in [4.69, 9.17) is 0 Å². The largest absolute Gasteiger partial charge is 0.346 e. The highest BCUT2D eigenvalue weighted by atomic mass is 32.2. The van der Waals surface area contributed by atoms with Crippen molar-refractivity contribution in [3.8, 4) is 0 Å². The molecule has 1 N–H and O–H groups in total. The van der Waals surface area contributed by atoms with Crippen molar-refractivity contribution >= 4 is 17.3 Å². The van der Waals surface area contributed by atoms with Crippen molar-refractivity contribution in [1.29, 1.82) is 0 Å². The predicted octanol–water partition coefficient (Wildman–Crippen LogP) is 2.81. The summed E-state index contributed by atoms with van der Waals surface area (Å²) in [6, 6.07) is 6.05. The van der Waals surface area contributed by atoms with E-state index in [1.54, 1.807) is 0 Å². The highest BCUT2D eigenvalue weighted by molar-refractivity contribution is 8.15. The van der Waals surface area contributed by atoms with Gasteiger partial charge in [0.1, 0.15) is 0 Å². The first-order valence-electron chi connectivity index (χ1n) is 3.55. The van der Waals surface area contributed by atoms with Crippen molar-refractivity contribution in [2.75, 3.05) is 0 Å². The Labute approximate surface area is 68.9 Å². The average molecular weight is 166 g/mol. The Bertz CT molecular complexity index is 317. The molecule has 1 aliphatic rings. The minimum atomic E-state index is -0.978. The lowest BCUT2D eigenvalue weighted by molar-refractivity contribution is 0.655. The molecule has 1 aromatic rings. The number of thiol groups is 1. The van der Waals surface area contributed by atoms with E-state index in [0.717, 1.165) is 4.90 Å². The Kier molecular flexibility index (Phi) is 1.51. The van der Waals surface area contributed by atoms with Crippen LogP contribution in [0.1, 0.15) is 11.1 Å². The van der Waals surface area contributed by atoms with Gasteiger partial charge < -0.3 is 4.55 Å². The summed E-state index contributed by atoms with van der Waals surface area (Å²) in [5, 5.41) is 1.88. The first-order chi connectivity index (χ1) is 5.29. The maximum Gasteiger partial charge on any atom is 0.0211 e. The van der Waals surface area contributed by atoms with Gasteiger partial charge in [0.25, 0.3) is 0 Å². The van der Waals surface area contributed by atoms with Crippen molar-refractivity contribution in [2.24, 2.45) is 0 Å². The van der Waals surface area contributed by atoms with Crippen molar-refractivity contribution in [1.82, 2.24) is 0 Å². The quantitative estimate of drug-likeness (QED) is 0.568. The summed E-state index contributed by atoms with van der Waals surface area (Å²) in [6.07, 6.45) is 2.01. The summed E-state index contributed by atoms with van der Waals surface area (Å²) >= 11 is -0.978. The molecule has 1 nitrogen and oxygen atoms in total. The Morgan fingerprint density at radius 3 is 2.91 bits per heavy atom. The van der Waals surface area contributed by atoms with Crippen LogP contribution in [-0.4, -0.2) is 4.55 Å². The van der Waals surface area contributed by atoms with Crippen molar-refractivity contribution in [3.63, 3.8) is 0 Å². The first kappa shape index (κ1) is 6.95. The lowest BCUT2D eigenvalue weighted by Crippen LogP contribution is -1.81. The fourth-order valence-corrected chi connectivity index (χ4v) is 2.49. The van der Waals surface area contributed by atoms with Crippen LogP contribution in [-0.2, 0) is 0 Å². The van der Waals surface area contributed by atoms with Crippen LogP contribution in [0, 0.1) is 6.92 Å². The lowest BCUT2D eigenvalue weighted by Gasteiger charge is -2.07. The molecule has 0 saturated carbocycles. The van der Waals surface area contributed by atoms with Gasteiger partial charge in [0.15, 0.2) is 0 Å². The standard InChI is InChI=1S/C9H10OS/c1-7-3-2-4-9-8(7)5-6-11(9)10/h2-6,10-11H,1H3. The second-order valence-corrected chi connectivity index (χ2v) is 4.14. The first-order valence-corrected chi connectivity index (χ1v) is 4.91. The minimum absolute atomic E-state index is 0.978. The second kappa shape index (κ2) is 2.40. The van der Waals surface area contributed by atoms with Crippen molar-refractivity contribution < 1.29 is 4.55 Å². The fourth-order valence-electron chi connectivity index (χ4n) is 1.31. The minimum Gasteiger partial charge on any atom is -0.346 e. The van der Waals surface area contributed by atoms with Crippen LogP contribution in [0.2, 0.25) is 0 Å². The summed E-state index contributed by atoms with van der Waals surface area (Å²) in [4.78, 5) is 1.10. The topological polar surface area (TPSA) is 20.2 Å². The van der Waals surface area contributed by atoms with Crippen molar-refractivity contribution in [3.05, 3.63) is 34.7 Å². The third-order valence-electron chi connectivity index (χ3n) is 1.93. The van der Waals surface area contributed by atoms with Gasteiger partial charge in [-0.15, -0.1) is 11.2 Å². The molecule has 2 rings (SSSR count). The predicted molar refractivity (Wildman–Crippen MR) is 50.1 cm³/mol. The van der Waals surface area contributed by atoms with Crippen LogP contribution in [0.25, 0.3) is 6.08 Å². The van der Waals surface area contributed by atoms with Gasteiger partial charge in [-0.25, -0.2) is 0 Å². The Balaban J connectivity index is 2.65. The molecule has 1 aliphatic heterocycles. The van der Waals surface area contributed by atoms with Crippen LogP contribution >= 0.6 is 11.2 Å². The molecule has 58 valence electrons. The van der Waals surface area contributed by atoms with E-state index in [9.17, 15) is 4.55 Å². The maximum absolute atomic E-state index is 9.48. The lowest BCUT2D eigenvalue weighted by atomic mass is 10.1. The highest BCUT2D eigenvalue weighted by Gasteiger charge is 2.11. The van der Waals surface area contributed by atoms with Crippen LogP contribution in [0.15, 0.2) is 28.5 Å². The van der Waals surface area contributed by atoms with Gasteiger partial charge in [-0.1, -0.05) is 12.1 Å². The molecule has 2 heteroatoms. The molecule has 1 heterocycles. The van der Waals surface area contributed by atoms with Crippen LogP contribution in [0.5, 0.6) is 0 Å². The SMILES string of the molecule is Cc1cccc2c1C=C[SH]2O. The average Bonchev–Trinajstić information content (AvgIpc) is 2.35. The molecule has 0 aliphatic carbocycles. The van der Waals surface area contributed by atoms with Gasteiger partial charge in [-0.2, -0.15) is 0 Å². The van der Waals surface area contributed by atoms with Gasteiger partial charge in [0, 0.05) is 4.90 Å². The molecule has 11 heavy (non-hydrogen) atoms. The Hall–Kier alpha value is -0.730. The molecule has 0 fully saturated rings. The smallest absolute Gasteiger partial charge is 0.0211 e. The number of benzene rings is 1. The van der Waals surface area contributed by atoms with E-state index in [2.05, 4.69) is 13.0 Å². The van der Waals surface area contributed by atoms with E-state index >= 15 is 0 Å². The molecular weight excluding hydrogens is 156 g/mol. The number of aryl methyl sites for hydroxylation is 1. The molecule has 0 bridgehead atoms. The van der Waals surface area contributed by atoms with Crippen LogP contribution in [0.3, 0.4) is 0 Å². The normalized spacial score (nSPS) is 23.6. The third-order valence-corrected chi connectivity index (χ3v) is 3.25. The van der Waals surface area contributed by atoms with Gasteiger partial charge in [0.2, 0.25) is 0 Å². The molecule has 0 amide bonds. The summed E-state index contributed by atoms with van der Waals surface area (Å²) in [7, 11) is 0. The second-order valence-electron chi connectivity index (χ2n) is 2.67. The molecule has 0 spiro atoms. The number of hydrogen-bond acceptors (Lipinski definition) is 1. The molecular formula is C9H10OS. The maximum atomic E-state index is 9.48. The van der Waals surface area contributed by atoms with Crippen LogP contribution in [0.4, 0.5) is 0 Å². The molecule has 0 saturated heterocycles. The van der Waals surface area contributed by atoms with E-state index in [-0.39, 0.29) is 0 Å². The van der Waals surface area contributed by atoms with E-state index in [0.29, 0.717) is 0 Å². The number of hydrogen-bond donors (Lipinski definition) is 2.